The van der Waals surface area contributed by atoms with Crippen LogP contribution in [0.3, 0.4) is 0 Å². The maximum atomic E-state index is 10.7. The Labute approximate surface area is 81.3 Å². The summed E-state index contributed by atoms with van der Waals surface area (Å²) < 4.78 is 19.5. The van der Waals surface area contributed by atoms with E-state index in [1.165, 1.54) is 5.56 Å². The first kappa shape index (κ1) is 10.4. The SMILES string of the molecule is CCc1cccc(C)c1CS(=O)O. The molecule has 0 radical (unpaired) electrons. The number of hydrogen-bond acceptors (Lipinski definition) is 1. The minimum atomic E-state index is -1.74. The Kier molecular flexibility index (Phi) is 3.63. The molecule has 0 fully saturated rings. The predicted octanol–water partition coefficient (Wildman–Crippen LogP) is 2.28. The van der Waals surface area contributed by atoms with E-state index in [1.54, 1.807) is 0 Å². The van der Waals surface area contributed by atoms with Crippen molar-refractivity contribution in [3.05, 3.63) is 34.9 Å². The average molecular weight is 198 g/mol. The van der Waals surface area contributed by atoms with E-state index < -0.39 is 11.1 Å². The molecule has 2 nitrogen and oxygen atoms in total. The van der Waals surface area contributed by atoms with Gasteiger partial charge in [-0.15, -0.1) is 0 Å². The molecule has 1 aromatic carbocycles. The van der Waals surface area contributed by atoms with Gasteiger partial charge in [0.15, 0.2) is 11.1 Å². The number of hydrogen-bond donors (Lipinski definition) is 1. The Hall–Kier alpha value is -0.670. The minimum Gasteiger partial charge on any atom is -0.306 e. The second-order valence-electron chi connectivity index (χ2n) is 3.03. The van der Waals surface area contributed by atoms with E-state index in [9.17, 15) is 4.21 Å². The van der Waals surface area contributed by atoms with E-state index in [0.717, 1.165) is 17.5 Å². The summed E-state index contributed by atoms with van der Waals surface area (Å²) in [5.41, 5.74) is 3.29. The number of aryl methyl sites for hydroxylation is 2. The van der Waals surface area contributed by atoms with Crippen LogP contribution in [0.2, 0.25) is 0 Å². The van der Waals surface area contributed by atoms with Gasteiger partial charge in [0.25, 0.3) is 0 Å². The Morgan fingerprint density at radius 2 is 2.15 bits per heavy atom. The topological polar surface area (TPSA) is 37.3 Å². The molecule has 0 aliphatic heterocycles. The zero-order valence-corrected chi connectivity index (χ0v) is 8.73. The van der Waals surface area contributed by atoms with Crippen molar-refractivity contribution in [3.63, 3.8) is 0 Å². The molecule has 0 heterocycles. The Balaban J connectivity index is 3.07. The summed E-state index contributed by atoms with van der Waals surface area (Å²) in [6, 6.07) is 5.97. The maximum Gasteiger partial charge on any atom is 0.157 e. The lowest BCUT2D eigenvalue weighted by Crippen LogP contribution is -2.00. The average Bonchev–Trinajstić information content (AvgIpc) is 2.08. The first-order valence-electron chi connectivity index (χ1n) is 4.30. The van der Waals surface area contributed by atoms with Crippen LogP contribution in [0.15, 0.2) is 18.2 Å². The molecule has 0 aliphatic rings. The van der Waals surface area contributed by atoms with Crippen LogP contribution in [0.25, 0.3) is 0 Å². The van der Waals surface area contributed by atoms with E-state index in [-0.39, 0.29) is 5.75 Å². The summed E-state index contributed by atoms with van der Waals surface area (Å²) in [6.45, 7) is 4.03. The maximum absolute atomic E-state index is 10.7. The molecule has 72 valence electrons. The molecule has 13 heavy (non-hydrogen) atoms. The Morgan fingerprint density at radius 1 is 1.46 bits per heavy atom. The van der Waals surface area contributed by atoms with Crippen molar-refractivity contribution >= 4 is 11.1 Å². The molecule has 1 rings (SSSR count). The normalized spacial score (nSPS) is 12.8. The van der Waals surface area contributed by atoms with Gasteiger partial charge >= 0.3 is 0 Å². The molecule has 1 N–H and O–H groups in total. The quantitative estimate of drug-likeness (QED) is 0.756. The molecule has 0 aliphatic carbocycles. The molecule has 0 bridgehead atoms. The lowest BCUT2D eigenvalue weighted by Gasteiger charge is -2.08. The van der Waals surface area contributed by atoms with Crippen LogP contribution in [0.5, 0.6) is 0 Å². The van der Waals surface area contributed by atoms with Crippen LogP contribution < -0.4 is 0 Å². The molecule has 0 saturated carbocycles. The van der Waals surface area contributed by atoms with E-state index in [2.05, 4.69) is 6.92 Å². The van der Waals surface area contributed by atoms with Crippen LogP contribution in [0, 0.1) is 6.92 Å². The standard InChI is InChI=1S/C10H14O2S/c1-3-9-6-4-5-8(2)10(9)7-13(11)12/h4-6H,3,7H2,1-2H3,(H,11,12). The third kappa shape index (κ3) is 2.64. The largest absolute Gasteiger partial charge is 0.306 e. The monoisotopic (exact) mass is 198 g/mol. The fourth-order valence-corrected chi connectivity index (χ4v) is 2.08. The van der Waals surface area contributed by atoms with Crippen LogP contribution in [0.4, 0.5) is 0 Å². The highest BCUT2D eigenvalue weighted by Gasteiger charge is 2.06. The van der Waals surface area contributed by atoms with Gasteiger partial charge in [-0.3, -0.25) is 0 Å². The smallest absolute Gasteiger partial charge is 0.157 e. The molecule has 1 aromatic rings. The van der Waals surface area contributed by atoms with Crippen molar-refractivity contribution in [3.8, 4) is 0 Å². The first-order chi connectivity index (χ1) is 6.15. The summed E-state index contributed by atoms with van der Waals surface area (Å²) in [4.78, 5) is 0. The van der Waals surface area contributed by atoms with E-state index in [4.69, 9.17) is 4.55 Å². The van der Waals surface area contributed by atoms with Gasteiger partial charge in [0.05, 0.1) is 5.75 Å². The summed E-state index contributed by atoms with van der Waals surface area (Å²) in [5.74, 6) is 0.246. The van der Waals surface area contributed by atoms with Crippen LogP contribution >= 0.6 is 0 Å². The van der Waals surface area contributed by atoms with Gasteiger partial charge in [-0.2, -0.15) is 0 Å². The molecule has 0 aromatic heterocycles. The Morgan fingerprint density at radius 3 is 2.69 bits per heavy atom. The number of rotatable bonds is 3. The predicted molar refractivity (Wildman–Crippen MR) is 55.0 cm³/mol. The van der Waals surface area contributed by atoms with Crippen LogP contribution in [-0.2, 0) is 23.3 Å². The lowest BCUT2D eigenvalue weighted by atomic mass is 10.0. The molecular weight excluding hydrogens is 184 g/mol. The molecule has 1 unspecified atom stereocenters. The molecule has 1 atom stereocenters. The third-order valence-corrected chi connectivity index (χ3v) is 2.69. The second-order valence-corrected chi connectivity index (χ2v) is 3.96. The van der Waals surface area contributed by atoms with Gasteiger partial charge < -0.3 is 4.55 Å². The van der Waals surface area contributed by atoms with Crippen LogP contribution in [-0.4, -0.2) is 8.76 Å². The summed E-state index contributed by atoms with van der Waals surface area (Å²) in [7, 11) is 0. The first-order valence-corrected chi connectivity index (χ1v) is 5.57. The van der Waals surface area contributed by atoms with Gasteiger partial charge in [0.2, 0.25) is 0 Å². The van der Waals surface area contributed by atoms with Crippen molar-refractivity contribution in [1.82, 2.24) is 0 Å². The van der Waals surface area contributed by atoms with E-state index >= 15 is 0 Å². The van der Waals surface area contributed by atoms with Gasteiger partial charge in [0.1, 0.15) is 0 Å². The van der Waals surface area contributed by atoms with E-state index in [0.29, 0.717) is 0 Å². The third-order valence-electron chi connectivity index (χ3n) is 2.16. The van der Waals surface area contributed by atoms with Crippen LogP contribution in [0.1, 0.15) is 23.6 Å². The zero-order valence-electron chi connectivity index (χ0n) is 7.91. The van der Waals surface area contributed by atoms with Crippen molar-refractivity contribution in [2.24, 2.45) is 0 Å². The van der Waals surface area contributed by atoms with Gasteiger partial charge in [-0.1, -0.05) is 25.1 Å². The number of benzene rings is 1. The molecule has 3 heteroatoms. The molecular formula is C10H14O2S. The Bertz CT molecular complexity index is 321. The van der Waals surface area contributed by atoms with Crippen molar-refractivity contribution < 1.29 is 8.76 Å². The fourth-order valence-electron chi connectivity index (χ4n) is 1.42. The molecule has 0 saturated heterocycles. The lowest BCUT2D eigenvalue weighted by molar-refractivity contribution is 0.563. The van der Waals surface area contributed by atoms with Gasteiger partial charge in [-0.05, 0) is 30.0 Å². The van der Waals surface area contributed by atoms with Gasteiger partial charge in [-0.25, -0.2) is 4.21 Å². The van der Waals surface area contributed by atoms with Crippen molar-refractivity contribution in [2.75, 3.05) is 0 Å². The second kappa shape index (κ2) is 4.53. The molecule has 0 spiro atoms. The van der Waals surface area contributed by atoms with Crippen molar-refractivity contribution in [1.29, 1.82) is 0 Å². The molecule has 0 amide bonds. The highest BCUT2D eigenvalue weighted by atomic mass is 32.2. The zero-order chi connectivity index (χ0) is 9.84. The fraction of sp³-hybridized carbons (Fsp3) is 0.400. The van der Waals surface area contributed by atoms with Gasteiger partial charge in [0, 0.05) is 0 Å². The summed E-state index contributed by atoms with van der Waals surface area (Å²) in [5, 5.41) is 0. The van der Waals surface area contributed by atoms with E-state index in [1.807, 2.05) is 25.1 Å². The summed E-state index contributed by atoms with van der Waals surface area (Å²) >= 11 is -1.74. The highest BCUT2D eigenvalue weighted by molar-refractivity contribution is 7.78. The highest BCUT2D eigenvalue weighted by Crippen LogP contribution is 2.16. The summed E-state index contributed by atoms with van der Waals surface area (Å²) in [6.07, 6.45) is 0.911. The van der Waals surface area contributed by atoms with Crippen molar-refractivity contribution in [2.45, 2.75) is 26.0 Å². The minimum absolute atomic E-state index is 0.246.